The molecule has 0 aliphatic heterocycles. The molecule has 1 aromatic heterocycles. The normalized spacial score (nSPS) is 17.9. The van der Waals surface area contributed by atoms with Crippen molar-refractivity contribution < 1.29 is 5.21 Å². The summed E-state index contributed by atoms with van der Waals surface area (Å²) in [4.78, 5) is 3.29. The van der Waals surface area contributed by atoms with Gasteiger partial charge >= 0.3 is 0 Å². The first kappa shape index (κ1) is 9.73. The van der Waals surface area contributed by atoms with Crippen LogP contribution in [0.4, 0.5) is 0 Å². The van der Waals surface area contributed by atoms with E-state index in [9.17, 15) is 0 Å². The summed E-state index contributed by atoms with van der Waals surface area (Å²) in [5, 5.41) is 14.2. The van der Waals surface area contributed by atoms with Gasteiger partial charge in [0.05, 0.1) is 5.69 Å². The van der Waals surface area contributed by atoms with Crippen LogP contribution >= 0.6 is 11.6 Å². The van der Waals surface area contributed by atoms with Crippen LogP contribution in [0.2, 0.25) is 5.02 Å². The Bertz CT molecular complexity index is 586. The van der Waals surface area contributed by atoms with Crippen molar-refractivity contribution in [3.8, 4) is 0 Å². The van der Waals surface area contributed by atoms with E-state index in [1.807, 2.05) is 18.2 Å². The number of benzene rings is 1. The Labute approximate surface area is 97.7 Å². The molecule has 0 bridgehead atoms. The first-order chi connectivity index (χ1) is 7.79. The number of fused-ring (bicyclic) bond motifs is 3. The summed E-state index contributed by atoms with van der Waals surface area (Å²) in [6.07, 6.45) is 2.85. The van der Waals surface area contributed by atoms with Crippen LogP contribution in [0.15, 0.2) is 23.4 Å². The van der Waals surface area contributed by atoms with Gasteiger partial charge in [0, 0.05) is 15.9 Å². The number of oxime groups is 1. The number of aromatic nitrogens is 1. The lowest BCUT2D eigenvalue weighted by atomic mass is 9.94. The van der Waals surface area contributed by atoms with Gasteiger partial charge in [-0.3, -0.25) is 0 Å². The highest BCUT2D eigenvalue weighted by molar-refractivity contribution is 6.31. The van der Waals surface area contributed by atoms with Gasteiger partial charge in [0.25, 0.3) is 0 Å². The molecule has 1 aliphatic carbocycles. The number of halogens is 1. The van der Waals surface area contributed by atoms with Crippen LogP contribution < -0.4 is 0 Å². The molecular weight excluding hydrogens is 224 g/mol. The summed E-state index contributed by atoms with van der Waals surface area (Å²) in [7, 11) is 0. The standard InChI is InChI=1S/C12H11ClN2O/c13-7-4-5-10-9(6-7)8-2-1-3-11(15-16)12(8)14-10/h4-6,14,16H,1-3H2/b15-11-. The number of rotatable bonds is 0. The average Bonchev–Trinajstić information content (AvgIpc) is 2.67. The number of aromatic amines is 1. The number of aryl methyl sites for hydroxylation is 1. The predicted molar refractivity (Wildman–Crippen MR) is 64.6 cm³/mol. The maximum absolute atomic E-state index is 8.96. The molecule has 0 atom stereocenters. The molecule has 1 aromatic carbocycles. The molecule has 0 saturated carbocycles. The summed E-state index contributed by atoms with van der Waals surface area (Å²) in [5.74, 6) is 0. The van der Waals surface area contributed by atoms with Gasteiger partial charge in [-0.15, -0.1) is 0 Å². The Morgan fingerprint density at radius 1 is 1.31 bits per heavy atom. The van der Waals surface area contributed by atoms with Crippen molar-refractivity contribution in [3.63, 3.8) is 0 Å². The van der Waals surface area contributed by atoms with Crippen LogP contribution in [0.25, 0.3) is 10.9 Å². The van der Waals surface area contributed by atoms with E-state index in [1.54, 1.807) is 0 Å². The topological polar surface area (TPSA) is 48.4 Å². The van der Waals surface area contributed by atoms with Crippen molar-refractivity contribution in [2.24, 2.45) is 5.16 Å². The third-order valence-electron chi connectivity index (χ3n) is 3.12. The minimum absolute atomic E-state index is 0.738. The lowest BCUT2D eigenvalue weighted by Gasteiger charge is -2.12. The lowest BCUT2D eigenvalue weighted by Crippen LogP contribution is -2.10. The van der Waals surface area contributed by atoms with E-state index < -0.39 is 0 Å². The molecular formula is C12H11ClN2O. The highest BCUT2D eigenvalue weighted by Gasteiger charge is 2.20. The van der Waals surface area contributed by atoms with Crippen molar-refractivity contribution in [1.82, 2.24) is 4.98 Å². The first-order valence-corrected chi connectivity index (χ1v) is 5.69. The molecule has 0 unspecified atom stereocenters. The van der Waals surface area contributed by atoms with E-state index in [0.29, 0.717) is 0 Å². The molecule has 0 saturated heterocycles. The Hall–Kier alpha value is -1.48. The Morgan fingerprint density at radius 2 is 2.19 bits per heavy atom. The Morgan fingerprint density at radius 3 is 3.00 bits per heavy atom. The second-order valence-corrected chi connectivity index (χ2v) is 4.51. The SMILES string of the molecule is O/N=C1/CCCc2c1[nH]c1ccc(Cl)cc21. The smallest absolute Gasteiger partial charge is 0.103 e. The number of H-pyrrole nitrogens is 1. The van der Waals surface area contributed by atoms with Gasteiger partial charge in [-0.05, 0) is 43.0 Å². The van der Waals surface area contributed by atoms with Crippen molar-refractivity contribution in [1.29, 1.82) is 0 Å². The monoisotopic (exact) mass is 234 g/mol. The zero-order valence-electron chi connectivity index (χ0n) is 8.63. The van der Waals surface area contributed by atoms with E-state index in [1.165, 1.54) is 5.56 Å². The van der Waals surface area contributed by atoms with Crippen molar-refractivity contribution in [3.05, 3.63) is 34.5 Å². The van der Waals surface area contributed by atoms with Gasteiger partial charge in [0.15, 0.2) is 0 Å². The number of nitrogens with zero attached hydrogens (tertiary/aromatic N) is 1. The van der Waals surface area contributed by atoms with Crippen LogP contribution in [0.5, 0.6) is 0 Å². The van der Waals surface area contributed by atoms with E-state index in [0.717, 1.165) is 46.6 Å². The molecule has 0 fully saturated rings. The molecule has 1 aliphatic rings. The summed E-state index contributed by atoms with van der Waals surface area (Å²) >= 11 is 5.99. The van der Waals surface area contributed by atoms with Crippen molar-refractivity contribution >= 4 is 28.2 Å². The number of hydrogen-bond donors (Lipinski definition) is 2. The first-order valence-electron chi connectivity index (χ1n) is 5.31. The second-order valence-electron chi connectivity index (χ2n) is 4.07. The highest BCUT2D eigenvalue weighted by Crippen LogP contribution is 2.30. The summed E-state index contributed by atoms with van der Waals surface area (Å²) in [6, 6.07) is 5.79. The maximum Gasteiger partial charge on any atom is 0.103 e. The van der Waals surface area contributed by atoms with Crippen molar-refractivity contribution in [2.45, 2.75) is 19.3 Å². The zero-order chi connectivity index (χ0) is 11.1. The fraction of sp³-hybridized carbons (Fsp3) is 0.250. The highest BCUT2D eigenvalue weighted by atomic mass is 35.5. The molecule has 0 radical (unpaired) electrons. The molecule has 4 heteroatoms. The van der Waals surface area contributed by atoms with E-state index in [2.05, 4.69) is 10.1 Å². The minimum atomic E-state index is 0.738. The summed E-state index contributed by atoms with van der Waals surface area (Å²) in [5.41, 5.74) is 3.98. The third kappa shape index (κ3) is 1.32. The zero-order valence-corrected chi connectivity index (χ0v) is 9.38. The minimum Gasteiger partial charge on any atom is -0.411 e. The van der Waals surface area contributed by atoms with Crippen molar-refractivity contribution in [2.75, 3.05) is 0 Å². The van der Waals surface area contributed by atoms with E-state index >= 15 is 0 Å². The molecule has 0 amide bonds. The van der Waals surface area contributed by atoms with Crippen LogP contribution in [0.1, 0.15) is 24.1 Å². The fourth-order valence-corrected chi connectivity index (χ4v) is 2.56. The predicted octanol–water partition coefficient (Wildman–Crippen LogP) is 3.34. The van der Waals surface area contributed by atoms with E-state index in [-0.39, 0.29) is 0 Å². The largest absolute Gasteiger partial charge is 0.411 e. The number of hydrogen-bond acceptors (Lipinski definition) is 2. The Kier molecular flexibility index (Phi) is 2.14. The Balaban J connectivity index is 2.33. The molecule has 0 spiro atoms. The van der Waals surface area contributed by atoms with Gasteiger partial charge < -0.3 is 10.2 Å². The van der Waals surface area contributed by atoms with Crippen LogP contribution in [-0.2, 0) is 6.42 Å². The quantitative estimate of drug-likeness (QED) is 0.533. The van der Waals surface area contributed by atoms with Crippen LogP contribution in [-0.4, -0.2) is 15.9 Å². The van der Waals surface area contributed by atoms with E-state index in [4.69, 9.17) is 16.8 Å². The molecule has 3 nitrogen and oxygen atoms in total. The van der Waals surface area contributed by atoms with Gasteiger partial charge in [-0.1, -0.05) is 16.8 Å². The molecule has 2 aromatic rings. The summed E-state index contributed by atoms with van der Waals surface area (Å²) in [6.45, 7) is 0. The van der Waals surface area contributed by atoms with Gasteiger partial charge in [0.2, 0.25) is 0 Å². The lowest BCUT2D eigenvalue weighted by molar-refractivity contribution is 0.317. The molecule has 2 N–H and O–H groups in total. The van der Waals surface area contributed by atoms with Gasteiger partial charge in [-0.25, -0.2) is 0 Å². The van der Waals surface area contributed by atoms with Crippen LogP contribution in [0.3, 0.4) is 0 Å². The fourth-order valence-electron chi connectivity index (χ4n) is 2.38. The molecule has 1 heterocycles. The average molecular weight is 235 g/mol. The molecule has 3 rings (SSSR count). The second kappa shape index (κ2) is 3.52. The van der Waals surface area contributed by atoms with Gasteiger partial charge in [-0.2, -0.15) is 0 Å². The maximum atomic E-state index is 8.96. The molecule has 82 valence electrons. The number of nitrogens with one attached hydrogen (secondary N) is 1. The van der Waals surface area contributed by atoms with Crippen LogP contribution in [0, 0.1) is 0 Å². The molecule has 16 heavy (non-hydrogen) atoms. The summed E-state index contributed by atoms with van der Waals surface area (Å²) < 4.78 is 0. The third-order valence-corrected chi connectivity index (χ3v) is 3.35. The van der Waals surface area contributed by atoms with Gasteiger partial charge in [0.1, 0.15) is 5.71 Å².